The van der Waals surface area contributed by atoms with E-state index in [4.69, 9.17) is 4.74 Å². The van der Waals surface area contributed by atoms with E-state index in [9.17, 15) is 15.0 Å². The number of thiazole rings is 1. The maximum absolute atomic E-state index is 11.3. The molecule has 0 radical (unpaired) electrons. The molecular weight excluding hydrogens is 250 g/mol. The van der Waals surface area contributed by atoms with E-state index in [1.165, 1.54) is 6.20 Å². The van der Waals surface area contributed by atoms with Crippen molar-refractivity contribution in [3.8, 4) is 0 Å². The minimum Gasteiger partial charge on any atom is -0.462 e. The molecule has 1 heterocycles. The van der Waals surface area contributed by atoms with Crippen LogP contribution in [0.1, 0.15) is 27.7 Å². The maximum atomic E-state index is 11.3. The lowest BCUT2D eigenvalue weighted by Crippen LogP contribution is -2.19. The molecule has 2 atom stereocenters. The average molecular weight is 263 g/mol. The lowest BCUT2D eigenvalue weighted by atomic mass is 10.2. The minimum atomic E-state index is -1.12. The number of carbonyl (C=O) groups is 1. The molecule has 0 bridgehead atoms. The van der Waals surface area contributed by atoms with E-state index in [-0.39, 0.29) is 17.4 Å². The smallest absolute Gasteiger partial charge is 0.349 e. The second-order valence-corrected chi connectivity index (χ2v) is 4.41. The van der Waals surface area contributed by atoms with Crippen molar-refractivity contribution in [3.05, 3.63) is 16.1 Å². The minimum absolute atomic E-state index is 0.121. The molecular formula is C9H13NO4S2. The van der Waals surface area contributed by atoms with Crippen LogP contribution in [0.25, 0.3) is 0 Å². The van der Waals surface area contributed by atoms with Gasteiger partial charge in [-0.25, -0.2) is 9.78 Å². The number of ether oxygens (including phenoxy) is 1. The quantitative estimate of drug-likeness (QED) is 0.537. The van der Waals surface area contributed by atoms with Gasteiger partial charge >= 0.3 is 5.97 Å². The topological polar surface area (TPSA) is 79.7 Å². The van der Waals surface area contributed by atoms with Gasteiger partial charge in [-0.05, 0) is 6.92 Å². The third-order valence-electron chi connectivity index (χ3n) is 1.80. The van der Waals surface area contributed by atoms with Crippen molar-refractivity contribution < 1.29 is 19.7 Å². The van der Waals surface area contributed by atoms with Gasteiger partial charge in [-0.15, -0.1) is 11.3 Å². The summed E-state index contributed by atoms with van der Waals surface area (Å²) >= 11 is 4.86. The molecule has 5 nitrogen and oxygen atoms in total. The highest BCUT2D eigenvalue weighted by Crippen LogP contribution is 2.23. The fourth-order valence-corrected chi connectivity index (χ4v) is 2.04. The van der Waals surface area contributed by atoms with Crippen molar-refractivity contribution in [3.63, 3.8) is 0 Å². The lowest BCUT2D eigenvalue weighted by Gasteiger charge is -2.12. The molecule has 1 aromatic heterocycles. The fraction of sp³-hybridized carbons (Fsp3) is 0.556. The van der Waals surface area contributed by atoms with Gasteiger partial charge in [-0.2, -0.15) is 12.6 Å². The van der Waals surface area contributed by atoms with Crippen molar-refractivity contribution in [1.29, 1.82) is 0 Å². The molecule has 0 saturated heterocycles. The van der Waals surface area contributed by atoms with E-state index in [0.29, 0.717) is 4.88 Å². The molecule has 0 aromatic carbocycles. The number of aromatic nitrogens is 1. The van der Waals surface area contributed by atoms with Gasteiger partial charge < -0.3 is 14.9 Å². The summed E-state index contributed by atoms with van der Waals surface area (Å²) in [5.41, 5.74) is 0. The molecule has 1 aromatic rings. The monoisotopic (exact) mass is 263 g/mol. The Balaban J connectivity index is 2.74. The molecule has 7 heteroatoms. The van der Waals surface area contributed by atoms with Crippen LogP contribution in [0, 0.1) is 0 Å². The van der Waals surface area contributed by atoms with Crippen molar-refractivity contribution in [1.82, 2.24) is 4.98 Å². The number of carbonyl (C=O) groups excluding carboxylic acids is 1. The van der Waals surface area contributed by atoms with Gasteiger partial charge in [0.2, 0.25) is 0 Å². The van der Waals surface area contributed by atoms with Gasteiger partial charge in [0.25, 0.3) is 0 Å². The van der Waals surface area contributed by atoms with Gasteiger partial charge in [0.1, 0.15) is 16.0 Å². The first-order valence-electron chi connectivity index (χ1n) is 4.70. The van der Waals surface area contributed by atoms with Crippen LogP contribution in [0.5, 0.6) is 0 Å². The summed E-state index contributed by atoms with van der Waals surface area (Å²) in [5, 5.41) is 19.2. The highest BCUT2D eigenvalue weighted by molar-refractivity contribution is 7.80. The summed E-state index contributed by atoms with van der Waals surface area (Å²) in [7, 11) is 0. The number of thiol groups is 1. The summed E-state index contributed by atoms with van der Waals surface area (Å²) < 4.78 is 4.78. The highest BCUT2D eigenvalue weighted by atomic mass is 32.1. The number of hydrogen-bond donors (Lipinski definition) is 3. The molecule has 2 N–H and O–H groups in total. The molecule has 0 fully saturated rings. The van der Waals surface area contributed by atoms with Gasteiger partial charge in [0.15, 0.2) is 0 Å². The molecule has 0 aliphatic rings. The third kappa shape index (κ3) is 3.18. The molecule has 0 aliphatic heterocycles. The first kappa shape index (κ1) is 13.4. The predicted molar refractivity (Wildman–Crippen MR) is 62.9 cm³/mol. The molecule has 2 unspecified atom stereocenters. The number of nitrogens with zero attached hydrogens (tertiary/aromatic N) is 1. The normalized spacial score (nSPS) is 14.5. The lowest BCUT2D eigenvalue weighted by molar-refractivity contribution is 0.0336. The van der Waals surface area contributed by atoms with E-state index in [2.05, 4.69) is 17.6 Å². The summed E-state index contributed by atoms with van der Waals surface area (Å²) in [5.74, 6) is -0.353. The molecule has 90 valence electrons. The van der Waals surface area contributed by atoms with Gasteiger partial charge in [0.05, 0.1) is 18.9 Å². The largest absolute Gasteiger partial charge is 0.462 e. The zero-order valence-corrected chi connectivity index (χ0v) is 10.4. The standard InChI is InChI=1S/C9H13NO4S2/c1-2-14-9(13)6-3-10-8(16-6)7(12)5(11)4-15/h3,5,7,11-12,15H,2,4H2,1H3. The van der Waals surface area contributed by atoms with Crippen molar-refractivity contribution >= 4 is 29.9 Å². The van der Waals surface area contributed by atoms with Gasteiger partial charge in [-0.3, -0.25) is 0 Å². The van der Waals surface area contributed by atoms with Crippen LogP contribution in [-0.2, 0) is 4.74 Å². The van der Waals surface area contributed by atoms with Crippen LogP contribution in [-0.4, -0.2) is 39.6 Å². The van der Waals surface area contributed by atoms with Crippen LogP contribution in [0.3, 0.4) is 0 Å². The summed E-state index contributed by atoms with van der Waals surface area (Å²) in [6.07, 6.45) is -0.790. The second kappa shape index (κ2) is 6.19. The van der Waals surface area contributed by atoms with E-state index in [1.807, 2.05) is 0 Å². The molecule has 0 saturated carbocycles. The first-order chi connectivity index (χ1) is 7.60. The number of esters is 1. The first-order valence-corrected chi connectivity index (χ1v) is 6.14. The molecule has 0 aliphatic carbocycles. The Morgan fingerprint density at radius 2 is 2.38 bits per heavy atom. The number of hydrogen-bond acceptors (Lipinski definition) is 7. The Morgan fingerprint density at radius 3 is 2.94 bits per heavy atom. The molecule has 1 rings (SSSR count). The van der Waals surface area contributed by atoms with Crippen LogP contribution in [0.4, 0.5) is 0 Å². The Bertz CT molecular complexity index is 355. The summed E-state index contributed by atoms with van der Waals surface area (Å²) in [4.78, 5) is 15.5. The zero-order chi connectivity index (χ0) is 12.1. The van der Waals surface area contributed by atoms with Crippen LogP contribution < -0.4 is 0 Å². The zero-order valence-electron chi connectivity index (χ0n) is 8.66. The van der Waals surface area contributed by atoms with E-state index >= 15 is 0 Å². The number of aliphatic hydroxyl groups is 2. The van der Waals surface area contributed by atoms with Crippen molar-refractivity contribution in [2.24, 2.45) is 0 Å². The van der Waals surface area contributed by atoms with Gasteiger partial charge in [0, 0.05) is 5.75 Å². The average Bonchev–Trinajstić information content (AvgIpc) is 2.76. The second-order valence-electron chi connectivity index (χ2n) is 2.98. The summed E-state index contributed by atoms with van der Waals surface area (Å²) in [6.45, 7) is 1.99. The Labute approximate surface area is 102 Å². The van der Waals surface area contributed by atoms with E-state index in [0.717, 1.165) is 11.3 Å². The summed E-state index contributed by atoms with van der Waals surface area (Å²) in [6, 6.07) is 0. The van der Waals surface area contributed by atoms with E-state index in [1.54, 1.807) is 6.92 Å². The Morgan fingerprint density at radius 1 is 1.69 bits per heavy atom. The molecule has 16 heavy (non-hydrogen) atoms. The SMILES string of the molecule is CCOC(=O)c1cnc(C(O)C(O)CS)s1. The highest BCUT2D eigenvalue weighted by Gasteiger charge is 2.22. The molecule has 0 amide bonds. The Kier molecular flexibility index (Phi) is 5.20. The number of aliphatic hydroxyl groups excluding tert-OH is 2. The maximum Gasteiger partial charge on any atom is 0.349 e. The molecule has 0 spiro atoms. The van der Waals surface area contributed by atoms with Crippen LogP contribution >= 0.6 is 24.0 Å². The van der Waals surface area contributed by atoms with Crippen molar-refractivity contribution in [2.45, 2.75) is 19.1 Å². The fourth-order valence-electron chi connectivity index (χ4n) is 0.985. The Hall–Kier alpha value is -0.630. The van der Waals surface area contributed by atoms with Crippen LogP contribution in [0.15, 0.2) is 6.20 Å². The van der Waals surface area contributed by atoms with Crippen molar-refractivity contribution in [2.75, 3.05) is 12.4 Å². The van der Waals surface area contributed by atoms with E-state index < -0.39 is 18.2 Å². The number of rotatable bonds is 5. The van der Waals surface area contributed by atoms with Crippen LogP contribution in [0.2, 0.25) is 0 Å². The predicted octanol–water partition coefficient (Wildman–Crippen LogP) is 0.644. The third-order valence-corrected chi connectivity index (χ3v) is 3.23. The van der Waals surface area contributed by atoms with Gasteiger partial charge in [-0.1, -0.05) is 0 Å².